The summed E-state index contributed by atoms with van der Waals surface area (Å²) in [6.45, 7) is 7.22. The standard InChI is InChI=1S/C16H21N3O3/c1-10(20)17-12-7-5-11(6-8-12)13-9-14(22-19-13)15(21)18-16(2,3)4/h5-8,14H,9H2,1-4H3,(H,17,20)(H,18,21). The minimum Gasteiger partial charge on any atom is -0.382 e. The molecule has 1 heterocycles. The van der Waals surface area contributed by atoms with E-state index in [4.69, 9.17) is 4.84 Å². The van der Waals surface area contributed by atoms with E-state index in [9.17, 15) is 9.59 Å². The van der Waals surface area contributed by atoms with Gasteiger partial charge in [0.15, 0.2) is 0 Å². The minimum atomic E-state index is -0.593. The number of oxime groups is 1. The Balaban J connectivity index is 1.98. The highest BCUT2D eigenvalue weighted by Gasteiger charge is 2.30. The maximum atomic E-state index is 12.1. The van der Waals surface area contributed by atoms with Crippen molar-refractivity contribution < 1.29 is 14.4 Å². The zero-order valence-corrected chi connectivity index (χ0v) is 13.3. The monoisotopic (exact) mass is 303 g/mol. The van der Waals surface area contributed by atoms with Crippen LogP contribution in [0.25, 0.3) is 0 Å². The average molecular weight is 303 g/mol. The van der Waals surface area contributed by atoms with Gasteiger partial charge in [0, 0.05) is 24.6 Å². The number of nitrogens with zero attached hydrogens (tertiary/aromatic N) is 1. The molecule has 0 saturated carbocycles. The van der Waals surface area contributed by atoms with E-state index >= 15 is 0 Å². The van der Waals surface area contributed by atoms with Crippen molar-refractivity contribution in [3.8, 4) is 0 Å². The molecule has 2 rings (SSSR count). The number of hydrogen-bond donors (Lipinski definition) is 2. The van der Waals surface area contributed by atoms with Crippen LogP contribution < -0.4 is 10.6 Å². The van der Waals surface area contributed by atoms with E-state index in [2.05, 4.69) is 15.8 Å². The Morgan fingerprint density at radius 1 is 1.23 bits per heavy atom. The second kappa shape index (κ2) is 6.17. The number of carbonyl (C=O) groups excluding carboxylic acids is 2. The molecular weight excluding hydrogens is 282 g/mol. The molecule has 0 bridgehead atoms. The van der Waals surface area contributed by atoms with Gasteiger partial charge in [-0.1, -0.05) is 17.3 Å². The minimum absolute atomic E-state index is 0.117. The van der Waals surface area contributed by atoms with Gasteiger partial charge >= 0.3 is 0 Å². The maximum absolute atomic E-state index is 12.1. The van der Waals surface area contributed by atoms with Crippen LogP contribution in [0.1, 0.15) is 39.7 Å². The van der Waals surface area contributed by atoms with Crippen molar-refractivity contribution in [1.82, 2.24) is 5.32 Å². The van der Waals surface area contributed by atoms with Gasteiger partial charge in [-0.15, -0.1) is 0 Å². The molecule has 1 aromatic rings. The lowest BCUT2D eigenvalue weighted by Crippen LogP contribution is -2.45. The molecule has 1 unspecified atom stereocenters. The molecule has 1 aromatic carbocycles. The highest BCUT2D eigenvalue weighted by atomic mass is 16.6. The summed E-state index contributed by atoms with van der Waals surface area (Å²) in [5, 5.41) is 9.58. The van der Waals surface area contributed by atoms with Crippen molar-refractivity contribution in [2.24, 2.45) is 5.16 Å². The number of hydrogen-bond acceptors (Lipinski definition) is 4. The first-order chi connectivity index (χ1) is 10.2. The third-order valence-electron chi connectivity index (χ3n) is 3.00. The predicted molar refractivity (Wildman–Crippen MR) is 84.7 cm³/mol. The van der Waals surface area contributed by atoms with E-state index in [0.717, 1.165) is 17.0 Å². The lowest BCUT2D eigenvalue weighted by Gasteiger charge is -2.22. The summed E-state index contributed by atoms with van der Waals surface area (Å²) in [7, 11) is 0. The summed E-state index contributed by atoms with van der Waals surface area (Å²) in [6, 6.07) is 7.28. The second-order valence-electron chi connectivity index (χ2n) is 6.33. The fraction of sp³-hybridized carbons (Fsp3) is 0.438. The molecule has 0 radical (unpaired) electrons. The largest absolute Gasteiger partial charge is 0.382 e. The van der Waals surface area contributed by atoms with Crippen LogP contribution in [0.4, 0.5) is 5.69 Å². The van der Waals surface area contributed by atoms with Crippen molar-refractivity contribution in [2.75, 3.05) is 5.32 Å². The normalized spacial score (nSPS) is 17.5. The Bertz CT molecular complexity index is 600. The smallest absolute Gasteiger partial charge is 0.264 e. The molecule has 1 atom stereocenters. The van der Waals surface area contributed by atoms with Gasteiger partial charge in [0.1, 0.15) is 0 Å². The SMILES string of the molecule is CC(=O)Nc1ccc(C2=NOC(C(=O)NC(C)(C)C)C2)cc1. The molecule has 2 N–H and O–H groups in total. The van der Waals surface area contributed by atoms with Gasteiger partial charge in [-0.05, 0) is 38.5 Å². The lowest BCUT2D eigenvalue weighted by atomic mass is 10.0. The predicted octanol–water partition coefficient (Wildman–Crippen LogP) is 2.05. The molecule has 22 heavy (non-hydrogen) atoms. The number of rotatable bonds is 3. The number of nitrogens with one attached hydrogen (secondary N) is 2. The zero-order chi connectivity index (χ0) is 16.3. The number of benzene rings is 1. The fourth-order valence-corrected chi connectivity index (χ4v) is 2.09. The highest BCUT2D eigenvalue weighted by Crippen LogP contribution is 2.19. The number of anilines is 1. The highest BCUT2D eigenvalue weighted by molar-refractivity contribution is 6.04. The third kappa shape index (κ3) is 4.31. The Kier molecular flexibility index (Phi) is 4.49. The van der Waals surface area contributed by atoms with E-state index in [1.807, 2.05) is 32.9 Å². The van der Waals surface area contributed by atoms with Crippen LogP contribution in [0.5, 0.6) is 0 Å². The van der Waals surface area contributed by atoms with Crippen molar-refractivity contribution in [1.29, 1.82) is 0 Å². The summed E-state index contributed by atoms with van der Waals surface area (Å²) in [6.07, 6.45) is -0.161. The van der Waals surface area contributed by atoms with Gasteiger partial charge < -0.3 is 15.5 Å². The fourth-order valence-electron chi connectivity index (χ4n) is 2.09. The molecule has 0 aliphatic carbocycles. The summed E-state index contributed by atoms with van der Waals surface area (Å²) in [5.41, 5.74) is 2.02. The number of carbonyl (C=O) groups is 2. The molecule has 0 saturated heterocycles. The summed E-state index contributed by atoms with van der Waals surface area (Å²) in [4.78, 5) is 28.3. The molecule has 118 valence electrons. The third-order valence-corrected chi connectivity index (χ3v) is 3.00. The Hall–Kier alpha value is -2.37. The second-order valence-corrected chi connectivity index (χ2v) is 6.33. The molecule has 6 heteroatoms. The first-order valence-corrected chi connectivity index (χ1v) is 7.17. The van der Waals surface area contributed by atoms with Crippen LogP contribution in [0.3, 0.4) is 0 Å². The first kappa shape index (κ1) is 16.0. The van der Waals surface area contributed by atoms with E-state index in [1.165, 1.54) is 6.92 Å². The van der Waals surface area contributed by atoms with Gasteiger partial charge in [-0.25, -0.2) is 0 Å². The summed E-state index contributed by atoms with van der Waals surface area (Å²) < 4.78 is 0. The van der Waals surface area contributed by atoms with Crippen LogP contribution in [-0.4, -0.2) is 29.2 Å². The lowest BCUT2D eigenvalue weighted by molar-refractivity contribution is -0.132. The van der Waals surface area contributed by atoms with Crippen LogP contribution in [0.15, 0.2) is 29.4 Å². The molecule has 1 aliphatic rings. The quantitative estimate of drug-likeness (QED) is 0.897. The van der Waals surface area contributed by atoms with Crippen molar-refractivity contribution >= 4 is 23.2 Å². The Morgan fingerprint density at radius 3 is 2.41 bits per heavy atom. The summed E-state index contributed by atoms with van der Waals surface area (Å²) in [5.74, 6) is -0.283. The molecule has 1 aliphatic heterocycles. The van der Waals surface area contributed by atoms with E-state index in [0.29, 0.717) is 6.42 Å². The average Bonchev–Trinajstić information content (AvgIpc) is 2.86. The topological polar surface area (TPSA) is 79.8 Å². The van der Waals surface area contributed by atoms with Crippen LogP contribution in [0, 0.1) is 0 Å². The number of amides is 2. The molecule has 6 nitrogen and oxygen atoms in total. The van der Waals surface area contributed by atoms with Crippen LogP contribution in [0.2, 0.25) is 0 Å². The van der Waals surface area contributed by atoms with Gasteiger partial charge in [-0.3, -0.25) is 9.59 Å². The molecular formula is C16H21N3O3. The van der Waals surface area contributed by atoms with E-state index in [1.54, 1.807) is 12.1 Å². The van der Waals surface area contributed by atoms with Gasteiger partial charge in [-0.2, -0.15) is 0 Å². The molecule has 2 amide bonds. The van der Waals surface area contributed by atoms with Gasteiger partial charge in [0.25, 0.3) is 5.91 Å². The maximum Gasteiger partial charge on any atom is 0.264 e. The van der Waals surface area contributed by atoms with E-state index in [-0.39, 0.29) is 17.4 Å². The summed E-state index contributed by atoms with van der Waals surface area (Å²) >= 11 is 0. The van der Waals surface area contributed by atoms with E-state index < -0.39 is 6.10 Å². The van der Waals surface area contributed by atoms with Crippen molar-refractivity contribution in [3.05, 3.63) is 29.8 Å². The van der Waals surface area contributed by atoms with Crippen LogP contribution >= 0.6 is 0 Å². The van der Waals surface area contributed by atoms with Gasteiger partial charge in [0.05, 0.1) is 5.71 Å². The molecule has 0 spiro atoms. The Morgan fingerprint density at radius 2 is 1.86 bits per heavy atom. The first-order valence-electron chi connectivity index (χ1n) is 7.17. The van der Waals surface area contributed by atoms with Crippen molar-refractivity contribution in [2.45, 2.75) is 45.8 Å². The zero-order valence-electron chi connectivity index (χ0n) is 13.3. The van der Waals surface area contributed by atoms with Crippen LogP contribution in [-0.2, 0) is 14.4 Å². The van der Waals surface area contributed by atoms with Gasteiger partial charge in [0.2, 0.25) is 12.0 Å². The Labute approximate surface area is 129 Å². The van der Waals surface area contributed by atoms with Crippen molar-refractivity contribution in [3.63, 3.8) is 0 Å². The molecule has 0 aromatic heterocycles. The molecule has 0 fully saturated rings.